The Hall–Kier alpha value is -2.66. The van der Waals surface area contributed by atoms with Gasteiger partial charge < -0.3 is 14.5 Å². The van der Waals surface area contributed by atoms with Crippen molar-refractivity contribution in [1.29, 1.82) is 0 Å². The number of carbonyl (C=O) groups excluding carboxylic acids is 1. The molecule has 0 aromatic heterocycles. The number of nitrogens with zero attached hydrogens (tertiary/aromatic N) is 2. The Kier molecular flexibility index (Phi) is 7.10. The molecule has 2 fully saturated rings. The van der Waals surface area contributed by atoms with Crippen molar-refractivity contribution >= 4 is 31.3 Å². The second kappa shape index (κ2) is 9.77. The highest BCUT2D eigenvalue weighted by Gasteiger charge is 2.29. The van der Waals surface area contributed by atoms with Crippen LogP contribution in [0.4, 0.5) is 10.1 Å². The Balaban J connectivity index is 1.51. The average Bonchev–Trinajstić information content (AvgIpc) is 2.80. The van der Waals surface area contributed by atoms with Gasteiger partial charge in [0.15, 0.2) is 19.7 Å². The highest BCUT2D eigenvalue weighted by molar-refractivity contribution is 7.91. The molecule has 1 saturated heterocycles. The third kappa shape index (κ3) is 5.45. The molecule has 1 aliphatic carbocycles. The fourth-order valence-corrected chi connectivity index (χ4v) is 5.64. The summed E-state index contributed by atoms with van der Waals surface area (Å²) < 4.78 is 68.9. The molecule has 2 aromatic carbocycles. The van der Waals surface area contributed by atoms with E-state index in [1.807, 2.05) is 0 Å². The normalized spacial score (nSPS) is 17.2. The molecule has 1 saturated carbocycles. The minimum absolute atomic E-state index is 0.0185. The number of halogens is 1. The minimum Gasteiger partial charge on any atom is -0.490 e. The summed E-state index contributed by atoms with van der Waals surface area (Å²) >= 11 is 0. The molecular formula is C24H29FN2O6S2. The maximum absolute atomic E-state index is 14.7. The predicted octanol–water partition coefficient (Wildman–Crippen LogP) is 2.92. The first kappa shape index (κ1) is 25.4. The Bertz CT molecular complexity index is 1330. The molecule has 8 nitrogen and oxygen atoms in total. The van der Waals surface area contributed by atoms with Crippen LogP contribution in [0.5, 0.6) is 5.75 Å². The predicted molar refractivity (Wildman–Crippen MR) is 130 cm³/mol. The summed E-state index contributed by atoms with van der Waals surface area (Å²) in [5.41, 5.74) is 0.480. The Morgan fingerprint density at radius 2 is 1.66 bits per heavy atom. The van der Waals surface area contributed by atoms with E-state index < -0.39 is 25.5 Å². The average molecular weight is 525 g/mol. The number of sulfone groups is 2. The van der Waals surface area contributed by atoms with Crippen LogP contribution in [0, 0.1) is 5.82 Å². The van der Waals surface area contributed by atoms with Crippen LogP contribution >= 0.6 is 0 Å². The van der Waals surface area contributed by atoms with E-state index in [-0.39, 0.29) is 38.8 Å². The third-order valence-electron chi connectivity index (χ3n) is 6.52. The van der Waals surface area contributed by atoms with E-state index in [1.54, 1.807) is 15.9 Å². The lowest BCUT2D eigenvalue weighted by molar-refractivity contribution is 0.0728. The van der Waals surface area contributed by atoms with E-state index in [1.165, 1.54) is 31.2 Å². The second-order valence-electron chi connectivity index (χ2n) is 8.90. The molecule has 0 radical (unpaired) electrons. The zero-order chi connectivity index (χ0) is 25.4. The van der Waals surface area contributed by atoms with Crippen LogP contribution in [-0.4, -0.2) is 71.9 Å². The van der Waals surface area contributed by atoms with Crippen LogP contribution in [0.2, 0.25) is 0 Å². The van der Waals surface area contributed by atoms with Gasteiger partial charge in [-0.3, -0.25) is 4.79 Å². The fraction of sp³-hybridized carbons (Fsp3) is 0.458. The molecular weight excluding hydrogens is 495 g/mol. The standard InChI is InChI=1S/C24H29FN2O6S2/c1-3-35(31,32)19-7-9-22(21(25)16-19)26-11-13-27(14-12-26)24(28)20-15-18(34(2,29)30)8-10-23(20)33-17-5-4-6-17/h7-10,15-17H,3-6,11-14H2,1-2H3. The van der Waals surface area contributed by atoms with Crippen molar-refractivity contribution in [3.05, 3.63) is 47.8 Å². The molecule has 0 bridgehead atoms. The maximum atomic E-state index is 14.7. The van der Waals surface area contributed by atoms with Crippen molar-refractivity contribution < 1.29 is 30.8 Å². The number of carbonyl (C=O) groups is 1. The Morgan fingerprint density at radius 1 is 1.00 bits per heavy atom. The van der Waals surface area contributed by atoms with Gasteiger partial charge in [0.25, 0.3) is 5.91 Å². The third-order valence-corrected chi connectivity index (χ3v) is 9.36. The van der Waals surface area contributed by atoms with Crippen LogP contribution in [0.25, 0.3) is 0 Å². The van der Waals surface area contributed by atoms with E-state index in [4.69, 9.17) is 4.74 Å². The smallest absolute Gasteiger partial charge is 0.257 e. The summed E-state index contributed by atoms with van der Waals surface area (Å²) in [7, 11) is -7.02. The molecule has 0 N–H and O–H groups in total. The van der Waals surface area contributed by atoms with Crippen molar-refractivity contribution in [2.75, 3.05) is 43.1 Å². The molecule has 0 unspecified atom stereocenters. The lowest BCUT2D eigenvalue weighted by Gasteiger charge is -2.36. The van der Waals surface area contributed by atoms with Gasteiger partial charge in [0.2, 0.25) is 0 Å². The molecule has 190 valence electrons. The van der Waals surface area contributed by atoms with Gasteiger partial charge in [0.05, 0.1) is 32.9 Å². The molecule has 1 aliphatic heterocycles. The molecule has 2 aromatic rings. The van der Waals surface area contributed by atoms with E-state index in [0.29, 0.717) is 31.9 Å². The van der Waals surface area contributed by atoms with Gasteiger partial charge in [-0.05, 0) is 55.7 Å². The number of anilines is 1. The summed E-state index contributed by atoms with van der Waals surface area (Å²) in [4.78, 5) is 16.7. The van der Waals surface area contributed by atoms with Crippen LogP contribution in [0.3, 0.4) is 0 Å². The largest absolute Gasteiger partial charge is 0.490 e. The van der Waals surface area contributed by atoms with Crippen LogP contribution in [0.15, 0.2) is 46.2 Å². The second-order valence-corrected chi connectivity index (χ2v) is 13.2. The van der Waals surface area contributed by atoms with Crippen LogP contribution in [0.1, 0.15) is 36.5 Å². The first-order valence-electron chi connectivity index (χ1n) is 11.6. The highest BCUT2D eigenvalue weighted by atomic mass is 32.2. The lowest BCUT2D eigenvalue weighted by Crippen LogP contribution is -2.49. The van der Waals surface area contributed by atoms with E-state index in [9.17, 15) is 26.0 Å². The summed E-state index contributed by atoms with van der Waals surface area (Å²) in [5.74, 6) is -0.710. The van der Waals surface area contributed by atoms with E-state index in [0.717, 1.165) is 31.6 Å². The number of amides is 1. The minimum atomic E-state index is -3.51. The summed E-state index contributed by atoms with van der Waals surface area (Å²) in [6.45, 7) is 2.77. The molecule has 4 rings (SSSR count). The fourth-order valence-electron chi connectivity index (χ4n) is 4.10. The molecule has 11 heteroatoms. The van der Waals surface area contributed by atoms with Gasteiger partial charge >= 0.3 is 0 Å². The quantitative estimate of drug-likeness (QED) is 0.549. The van der Waals surface area contributed by atoms with Gasteiger partial charge in [-0.2, -0.15) is 0 Å². The van der Waals surface area contributed by atoms with E-state index in [2.05, 4.69) is 0 Å². The van der Waals surface area contributed by atoms with Crippen LogP contribution in [-0.2, 0) is 19.7 Å². The first-order valence-corrected chi connectivity index (χ1v) is 15.1. The van der Waals surface area contributed by atoms with Crippen molar-refractivity contribution in [3.63, 3.8) is 0 Å². The van der Waals surface area contributed by atoms with Gasteiger partial charge in [-0.25, -0.2) is 21.2 Å². The number of piperazine rings is 1. The molecule has 1 heterocycles. The van der Waals surface area contributed by atoms with E-state index >= 15 is 0 Å². The van der Waals surface area contributed by atoms with Crippen molar-refractivity contribution in [3.8, 4) is 5.75 Å². The zero-order valence-corrected chi connectivity index (χ0v) is 21.4. The molecule has 1 amide bonds. The number of ether oxygens (including phenoxy) is 1. The number of hydrogen-bond acceptors (Lipinski definition) is 7. The van der Waals surface area contributed by atoms with Gasteiger partial charge in [0, 0.05) is 32.4 Å². The Morgan fingerprint density at radius 3 is 2.20 bits per heavy atom. The number of benzene rings is 2. The summed E-state index contributed by atoms with van der Waals surface area (Å²) in [6, 6.07) is 8.24. The zero-order valence-electron chi connectivity index (χ0n) is 19.7. The SMILES string of the molecule is CCS(=O)(=O)c1ccc(N2CCN(C(=O)c3cc(S(C)(=O)=O)ccc3OC3CCC3)CC2)c(F)c1. The monoisotopic (exact) mass is 524 g/mol. The molecule has 0 spiro atoms. The molecule has 2 aliphatic rings. The van der Waals surface area contributed by atoms with Gasteiger partial charge in [0.1, 0.15) is 11.6 Å². The first-order chi connectivity index (χ1) is 16.5. The van der Waals surface area contributed by atoms with Gasteiger partial charge in [-0.15, -0.1) is 0 Å². The molecule has 0 atom stereocenters. The van der Waals surface area contributed by atoms with Crippen LogP contribution < -0.4 is 9.64 Å². The topological polar surface area (TPSA) is 101 Å². The van der Waals surface area contributed by atoms with Gasteiger partial charge in [-0.1, -0.05) is 6.92 Å². The highest BCUT2D eigenvalue weighted by Crippen LogP contribution is 2.31. The van der Waals surface area contributed by atoms with Crippen molar-refractivity contribution in [2.45, 2.75) is 42.1 Å². The number of rotatable bonds is 7. The van der Waals surface area contributed by atoms with Crippen molar-refractivity contribution in [1.82, 2.24) is 4.90 Å². The molecule has 35 heavy (non-hydrogen) atoms. The number of hydrogen-bond donors (Lipinski definition) is 0. The lowest BCUT2D eigenvalue weighted by atomic mass is 9.96. The summed E-state index contributed by atoms with van der Waals surface area (Å²) in [5, 5.41) is 0. The summed E-state index contributed by atoms with van der Waals surface area (Å²) in [6.07, 6.45) is 3.95. The maximum Gasteiger partial charge on any atom is 0.257 e. The van der Waals surface area contributed by atoms with Crippen molar-refractivity contribution in [2.24, 2.45) is 0 Å². The Labute approximate surface area is 205 Å².